The van der Waals surface area contributed by atoms with Crippen LogP contribution in [0, 0.1) is 0 Å². The van der Waals surface area contributed by atoms with Crippen LogP contribution in [0.3, 0.4) is 0 Å². The fourth-order valence-electron chi connectivity index (χ4n) is 3.17. The van der Waals surface area contributed by atoms with Crippen molar-refractivity contribution in [1.29, 1.82) is 0 Å². The molecule has 152 valence electrons. The van der Waals surface area contributed by atoms with Crippen LogP contribution in [-0.4, -0.2) is 35.4 Å². The maximum absolute atomic E-state index is 12.7. The molecule has 3 heterocycles. The molecular formula is C22H21N5O3. The van der Waals surface area contributed by atoms with Crippen LogP contribution in [0.2, 0.25) is 0 Å². The van der Waals surface area contributed by atoms with E-state index in [9.17, 15) is 9.59 Å². The van der Waals surface area contributed by atoms with E-state index in [1.165, 1.54) is 6.20 Å². The molecule has 0 bridgehead atoms. The lowest BCUT2D eigenvalue weighted by atomic mass is 10.1. The first-order chi connectivity index (χ1) is 14.6. The number of carbonyl (C=O) groups excluding carboxylic acids is 2. The van der Waals surface area contributed by atoms with Gasteiger partial charge >= 0.3 is 0 Å². The SMILES string of the molecule is COc1ccc(CNC(=O)c2cnc3c(c2)N(Cc2ccccc2)C(=O)CN3)cn1. The summed E-state index contributed by atoms with van der Waals surface area (Å²) in [7, 11) is 1.55. The molecule has 4 rings (SSSR count). The van der Waals surface area contributed by atoms with E-state index in [2.05, 4.69) is 20.6 Å². The van der Waals surface area contributed by atoms with Gasteiger partial charge in [0, 0.05) is 25.0 Å². The number of anilines is 2. The third kappa shape index (κ3) is 4.22. The molecule has 0 fully saturated rings. The Morgan fingerprint density at radius 2 is 1.97 bits per heavy atom. The molecule has 8 nitrogen and oxygen atoms in total. The van der Waals surface area contributed by atoms with Crippen molar-refractivity contribution in [2.75, 3.05) is 23.9 Å². The van der Waals surface area contributed by atoms with Crippen LogP contribution in [0.25, 0.3) is 0 Å². The first kappa shape index (κ1) is 19.4. The number of rotatable bonds is 6. The minimum Gasteiger partial charge on any atom is -0.481 e. The van der Waals surface area contributed by atoms with Gasteiger partial charge in [0.05, 0.1) is 31.5 Å². The molecule has 3 aromatic rings. The normalized spacial score (nSPS) is 12.7. The highest BCUT2D eigenvalue weighted by Crippen LogP contribution is 2.29. The van der Waals surface area contributed by atoms with Gasteiger partial charge in [-0.1, -0.05) is 36.4 Å². The highest BCUT2D eigenvalue weighted by molar-refractivity contribution is 6.04. The van der Waals surface area contributed by atoms with Crippen LogP contribution in [0.1, 0.15) is 21.5 Å². The molecule has 0 saturated heterocycles. The van der Waals surface area contributed by atoms with E-state index in [0.717, 1.165) is 11.1 Å². The van der Waals surface area contributed by atoms with Crippen molar-refractivity contribution in [2.45, 2.75) is 13.1 Å². The van der Waals surface area contributed by atoms with Crippen molar-refractivity contribution in [2.24, 2.45) is 0 Å². The number of fused-ring (bicyclic) bond motifs is 1. The summed E-state index contributed by atoms with van der Waals surface area (Å²) >= 11 is 0. The van der Waals surface area contributed by atoms with Crippen molar-refractivity contribution in [3.8, 4) is 5.88 Å². The van der Waals surface area contributed by atoms with Gasteiger partial charge in [-0.3, -0.25) is 9.59 Å². The van der Waals surface area contributed by atoms with Crippen molar-refractivity contribution >= 4 is 23.3 Å². The lowest BCUT2D eigenvalue weighted by molar-refractivity contribution is -0.117. The molecule has 0 spiro atoms. The number of carbonyl (C=O) groups is 2. The van der Waals surface area contributed by atoms with Crippen molar-refractivity contribution in [3.05, 3.63) is 77.6 Å². The number of hydrogen-bond acceptors (Lipinski definition) is 6. The van der Waals surface area contributed by atoms with Crippen molar-refractivity contribution in [3.63, 3.8) is 0 Å². The lowest BCUT2D eigenvalue weighted by Crippen LogP contribution is -2.40. The summed E-state index contributed by atoms with van der Waals surface area (Å²) in [5.41, 5.74) is 2.82. The zero-order valence-corrected chi connectivity index (χ0v) is 16.5. The number of aromatic nitrogens is 2. The smallest absolute Gasteiger partial charge is 0.253 e. The highest BCUT2D eigenvalue weighted by Gasteiger charge is 2.26. The predicted molar refractivity (Wildman–Crippen MR) is 112 cm³/mol. The molecule has 0 radical (unpaired) electrons. The van der Waals surface area contributed by atoms with Gasteiger partial charge in [-0.25, -0.2) is 9.97 Å². The number of amides is 2. The number of nitrogens with zero attached hydrogens (tertiary/aromatic N) is 3. The first-order valence-corrected chi connectivity index (χ1v) is 9.49. The second kappa shape index (κ2) is 8.60. The number of ether oxygens (including phenoxy) is 1. The molecule has 30 heavy (non-hydrogen) atoms. The van der Waals surface area contributed by atoms with E-state index in [4.69, 9.17) is 4.74 Å². The van der Waals surface area contributed by atoms with E-state index in [1.54, 1.807) is 30.3 Å². The minimum absolute atomic E-state index is 0.0741. The Morgan fingerprint density at radius 1 is 1.13 bits per heavy atom. The molecule has 2 amide bonds. The standard InChI is InChI=1S/C22H21N5O3/c1-30-19-8-7-16(10-23-19)11-26-22(29)17-9-18-21(24-12-17)25-13-20(28)27(18)14-15-5-3-2-4-6-15/h2-10,12H,11,13-14H2,1H3,(H,24,25)(H,26,29). The van der Waals surface area contributed by atoms with Crippen LogP contribution in [0.4, 0.5) is 11.5 Å². The van der Waals surface area contributed by atoms with Gasteiger partial charge in [0.15, 0.2) is 5.82 Å². The van der Waals surface area contributed by atoms with Crippen LogP contribution in [0.15, 0.2) is 60.9 Å². The molecule has 2 aromatic heterocycles. The number of nitrogens with one attached hydrogen (secondary N) is 2. The van der Waals surface area contributed by atoms with E-state index in [0.29, 0.717) is 36.0 Å². The van der Waals surface area contributed by atoms with E-state index >= 15 is 0 Å². The van der Waals surface area contributed by atoms with Crippen LogP contribution in [-0.2, 0) is 17.9 Å². The molecular weight excluding hydrogens is 382 g/mol. The number of pyridine rings is 2. The number of methoxy groups -OCH3 is 1. The van der Waals surface area contributed by atoms with Gasteiger partial charge < -0.3 is 20.3 Å². The Hall–Kier alpha value is -3.94. The first-order valence-electron chi connectivity index (χ1n) is 9.49. The number of benzene rings is 1. The average Bonchev–Trinajstić information content (AvgIpc) is 2.80. The fraction of sp³-hybridized carbons (Fsp3) is 0.182. The lowest BCUT2D eigenvalue weighted by Gasteiger charge is -2.29. The summed E-state index contributed by atoms with van der Waals surface area (Å²) < 4.78 is 5.03. The highest BCUT2D eigenvalue weighted by atomic mass is 16.5. The van der Waals surface area contributed by atoms with Gasteiger partial charge in [0.1, 0.15) is 0 Å². The molecule has 1 aromatic carbocycles. The summed E-state index contributed by atoms with van der Waals surface area (Å²) in [4.78, 5) is 35.3. The maximum Gasteiger partial charge on any atom is 0.253 e. The minimum atomic E-state index is -0.279. The monoisotopic (exact) mass is 403 g/mol. The van der Waals surface area contributed by atoms with E-state index < -0.39 is 0 Å². The zero-order chi connectivity index (χ0) is 20.9. The molecule has 1 aliphatic heterocycles. The Kier molecular flexibility index (Phi) is 5.56. The summed E-state index contributed by atoms with van der Waals surface area (Å²) in [6.45, 7) is 0.902. The maximum atomic E-state index is 12.7. The van der Waals surface area contributed by atoms with Crippen LogP contribution < -0.4 is 20.3 Å². The predicted octanol–water partition coefficient (Wildman–Crippen LogP) is 2.37. The third-order valence-electron chi connectivity index (χ3n) is 4.77. The van der Waals surface area contributed by atoms with Gasteiger partial charge in [-0.05, 0) is 17.2 Å². The molecule has 0 atom stereocenters. The molecule has 0 unspecified atom stereocenters. The Balaban J connectivity index is 1.51. The molecule has 1 aliphatic rings. The molecule has 2 N–H and O–H groups in total. The fourth-order valence-corrected chi connectivity index (χ4v) is 3.17. The van der Waals surface area contributed by atoms with Crippen LogP contribution in [0.5, 0.6) is 5.88 Å². The van der Waals surface area contributed by atoms with Crippen LogP contribution >= 0.6 is 0 Å². The Bertz CT molecular complexity index is 1050. The van der Waals surface area contributed by atoms with E-state index in [-0.39, 0.29) is 18.4 Å². The molecule has 8 heteroatoms. The van der Waals surface area contributed by atoms with Gasteiger partial charge in [0.25, 0.3) is 5.91 Å². The second-order valence-electron chi connectivity index (χ2n) is 6.80. The zero-order valence-electron chi connectivity index (χ0n) is 16.5. The number of hydrogen-bond donors (Lipinski definition) is 2. The van der Waals surface area contributed by atoms with Gasteiger partial charge in [0.2, 0.25) is 11.8 Å². The summed E-state index contributed by atoms with van der Waals surface area (Å²) in [5, 5.41) is 5.86. The summed E-state index contributed by atoms with van der Waals surface area (Å²) in [6, 6.07) is 15.0. The average molecular weight is 403 g/mol. The summed E-state index contributed by atoms with van der Waals surface area (Å²) in [6.07, 6.45) is 3.15. The summed E-state index contributed by atoms with van der Waals surface area (Å²) in [5.74, 6) is 0.745. The topological polar surface area (TPSA) is 96.5 Å². The largest absolute Gasteiger partial charge is 0.481 e. The molecule has 0 aliphatic carbocycles. The van der Waals surface area contributed by atoms with Gasteiger partial charge in [-0.15, -0.1) is 0 Å². The Morgan fingerprint density at radius 3 is 2.70 bits per heavy atom. The van der Waals surface area contributed by atoms with Gasteiger partial charge in [-0.2, -0.15) is 0 Å². The molecule has 0 saturated carbocycles. The van der Waals surface area contributed by atoms with Crippen molar-refractivity contribution < 1.29 is 14.3 Å². The quantitative estimate of drug-likeness (QED) is 0.656. The van der Waals surface area contributed by atoms with E-state index in [1.807, 2.05) is 36.4 Å². The third-order valence-corrected chi connectivity index (χ3v) is 4.77. The second-order valence-corrected chi connectivity index (χ2v) is 6.80. The Labute approximate surface area is 173 Å². The van der Waals surface area contributed by atoms with Crippen molar-refractivity contribution in [1.82, 2.24) is 15.3 Å².